The zero-order valence-corrected chi connectivity index (χ0v) is 19.4. The first-order valence-corrected chi connectivity index (χ1v) is 11.0. The Morgan fingerprint density at radius 2 is 1.50 bits per heavy atom. The summed E-state index contributed by atoms with van der Waals surface area (Å²) in [5.41, 5.74) is 11.0. The second kappa shape index (κ2) is 6.80. The van der Waals surface area contributed by atoms with Gasteiger partial charge in [-0.1, -0.05) is 43.2 Å². The summed E-state index contributed by atoms with van der Waals surface area (Å²) < 4.78 is 35.1. The molecule has 0 N–H and O–H groups in total. The number of rotatable bonds is 3. The van der Waals surface area contributed by atoms with Gasteiger partial charge in [-0.2, -0.15) is 0 Å². The van der Waals surface area contributed by atoms with Crippen molar-refractivity contribution >= 4 is 18.3 Å². The molecule has 0 amide bonds. The highest BCUT2D eigenvalue weighted by Crippen LogP contribution is 2.47. The van der Waals surface area contributed by atoms with Gasteiger partial charge in [0.15, 0.2) is 5.70 Å². The van der Waals surface area contributed by atoms with E-state index in [0.29, 0.717) is 22.8 Å². The molecule has 3 heterocycles. The highest BCUT2D eigenvalue weighted by molar-refractivity contribution is 6.58. The van der Waals surface area contributed by atoms with Gasteiger partial charge >= 0.3 is 6.97 Å². The maximum Gasteiger partial charge on any atom is 0.737 e. The lowest BCUT2D eigenvalue weighted by atomic mass is 9.83. The van der Waals surface area contributed by atoms with Crippen LogP contribution in [0.25, 0.3) is 5.57 Å². The van der Waals surface area contributed by atoms with Gasteiger partial charge in [0.2, 0.25) is 0 Å². The molecule has 0 atom stereocenters. The largest absolute Gasteiger partial charge is 0.737 e. The van der Waals surface area contributed by atoms with Gasteiger partial charge < -0.3 is 17.6 Å². The molecule has 0 saturated heterocycles. The number of hydrogen-bond acceptors (Lipinski definition) is 0. The van der Waals surface area contributed by atoms with Gasteiger partial charge in [-0.3, -0.25) is 0 Å². The molecule has 0 unspecified atom stereocenters. The van der Waals surface area contributed by atoms with Crippen LogP contribution in [0, 0.1) is 27.7 Å². The molecule has 4 rings (SSSR count). The lowest BCUT2D eigenvalue weighted by molar-refractivity contribution is -0.363. The van der Waals surface area contributed by atoms with E-state index in [4.69, 9.17) is 0 Å². The first-order chi connectivity index (χ1) is 14.1. The summed E-state index contributed by atoms with van der Waals surface area (Å²) >= 11 is 0. The van der Waals surface area contributed by atoms with Crippen LogP contribution in [0.3, 0.4) is 0 Å². The van der Waals surface area contributed by atoms with Crippen LogP contribution < -0.4 is 0 Å². The van der Waals surface area contributed by atoms with Crippen LogP contribution in [0.15, 0.2) is 35.0 Å². The third kappa shape index (κ3) is 2.57. The minimum absolute atomic E-state index is 0.686. The molecule has 2 nitrogen and oxygen atoms in total. The van der Waals surface area contributed by atoms with Crippen molar-refractivity contribution in [1.29, 1.82) is 0 Å². The molecule has 1 aromatic heterocycles. The van der Waals surface area contributed by atoms with Gasteiger partial charge in [0.1, 0.15) is 5.71 Å². The van der Waals surface area contributed by atoms with Gasteiger partial charge in [-0.15, -0.1) is 0 Å². The summed E-state index contributed by atoms with van der Waals surface area (Å²) in [5, 5.41) is 0. The summed E-state index contributed by atoms with van der Waals surface area (Å²) in [5.74, 6) is 0. The fraction of sp³-hybridized carbons (Fsp3) is 0.400. The van der Waals surface area contributed by atoms with Crippen molar-refractivity contribution in [2.45, 2.75) is 68.2 Å². The van der Waals surface area contributed by atoms with Crippen molar-refractivity contribution in [3.05, 3.63) is 74.2 Å². The molecule has 30 heavy (non-hydrogen) atoms. The van der Waals surface area contributed by atoms with E-state index in [-0.39, 0.29) is 0 Å². The number of hydrogen-bond donors (Lipinski definition) is 0. The van der Waals surface area contributed by atoms with Gasteiger partial charge in [0, 0.05) is 23.8 Å². The molecule has 5 heteroatoms. The van der Waals surface area contributed by atoms with E-state index in [1.54, 1.807) is 0 Å². The van der Waals surface area contributed by atoms with Crippen molar-refractivity contribution in [2.75, 3.05) is 0 Å². The minimum Gasteiger partial charge on any atom is -0.393 e. The molecule has 1 aromatic carbocycles. The average Bonchev–Trinajstić information content (AvgIpc) is 3.06. The molecule has 2 aromatic rings. The molecule has 0 saturated carbocycles. The molecule has 158 valence electrons. The predicted octanol–water partition coefficient (Wildman–Crippen LogP) is 6.49. The Morgan fingerprint density at radius 3 is 2.03 bits per heavy atom. The van der Waals surface area contributed by atoms with Crippen molar-refractivity contribution in [2.24, 2.45) is 0 Å². The Balaban J connectivity index is 2.25. The summed E-state index contributed by atoms with van der Waals surface area (Å²) in [6.45, 7) is 12.0. The quantitative estimate of drug-likeness (QED) is 0.513. The van der Waals surface area contributed by atoms with Gasteiger partial charge in [0.25, 0.3) is 0 Å². The van der Waals surface area contributed by atoms with Crippen LogP contribution >= 0.6 is 0 Å². The number of aryl methyl sites for hydroxylation is 2. The summed E-state index contributed by atoms with van der Waals surface area (Å²) in [6, 6.07) is 6.40. The smallest absolute Gasteiger partial charge is 0.393 e. The van der Waals surface area contributed by atoms with E-state index < -0.39 is 6.97 Å². The summed E-state index contributed by atoms with van der Waals surface area (Å²) in [6.07, 6.45) is 1.49. The molecule has 0 bridgehead atoms. The summed E-state index contributed by atoms with van der Waals surface area (Å²) in [4.78, 5) is 0. The first-order valence-electron chi connectivity index (χ1n) is 11.0. The zero-order chi connectivity index (χ0) is 22.1. The Hall–Kier alpha value is -2.43. The normalized spacial score (nSPS) is 17.8. The van der Waals surface area contributed by atoms with Crippen LogP contribution in [-0.2, 0) is 6.42 Å². The number of fused-ring (bicyclic) bond motifs is 2. The van der Waals surface area contributed by atoms with Crippen LogP contribution in [-0.4, -0.2) is 21.6 Å². The molecule has 2 aliphatic heterocycles. The Labute approximate surface area is 178 Å². The SMILES string of the molecule is CCC1=C(C)C2=C(c3cc(C)cc(C)c3)c3c(C)c(CC)c(C)n3[B-](F)(F)[N+]2=C1C. The second-order valence-electron chi connectivity index (χ2n) is 8.86. The first kappa shape index (κ1) is 20.8. The van der Waals surface area contributed by atoms with Gasteiger partial charge in [-0.25, -0.2) is 0 Å². The lowest BCUT2D eigenvalue weighted by Crippen LogP contribution is -2.51. The van der Waals surface area contributed by atoms with Crippen LogP contribution in [0.2, 0.25) is 0 Å². The maximum absolute atomic E-state index is 16.2. The van der Waals surface area contributed by atoms with Gasteiger partial charge in [0.05, 0.1) is 5.57 Å². The third-order valence-electron chi connectivity index (χ3n) is 7.01. The zero-order valence-electron chi connectivity index (χ0n) is 19.4. The predicted molar refractivity (Wildman–Crippen MR) is 123 cm³/mol. The summed E-state index contributed by atoms with van der Waals surface area (Å²) in [7, 11) is 0. The molecule has 0 spiro atoms. The molecule has 0 radical (unpaired) electrons. The standard InChI is InChI=1S/C25H31BF2N2/c1-9-21-16(5)24-23(20-12-14(3)11-15(4)13-20)25-17(6)22(10-2)19(8)30(25)26(27,28)29(24)18(21)7/h11-13H,9-10H2,1-8H3. The monoisotopic (exact) mass is 408 g/mol. The van der Waals surface area contributed by atoms with Gasteiger partial charge in [-0.05, 0) is 69.8 Å². The lowest BCUT2D eigenvalue weighted by Gasteiger charge is -2.34. The molecule has 0 aliphatic carbocycles. The topological polar surface area (TPSA) is 7.94 Å². The number of aromatic nitrogens is 1. The van der Waals surface area contributed by atoms with E-state index in [1.807, 2.05) is 27.7 Å². The van der Waals surface area contributed by atoms with E-state index in [9.17, 15) is 0 Å². The van der Waals surface area contributed by atoms with Crippen LogP contribution in [0.4, 0.5) is 8.63 Å². The molecule has 0 fully saturated rings. The fourth-order valence-electron chi connectivity index (χ4n) is 5.87. The Bertz CT molecular complexity index is 1170. The fourth-order valence-corrected chi connectivity index (χ4v) is 5.87. The van der Waals surface area contributed by atoms with Crippen molar-refractivity contribution in [1.82, 2.24) is 4.48 Å². The second-order valence-corrected chi connectivity index (χ2v) is 8.86. The highest BCUT2D eigenvalue weighted by Gasteiger charge is 2.56. The number of benzene rings is 1. The molecular formula is C25H31BF2N2. The third-order valence-corrected chi connectivity index (χ3v) is 7.01. The van der Waals surface area contributed by atoms with E-state index in [1.165, 1.54) is 8.96 Å². The van der Waals surface area contributed by atoms with E-state index >= 15 is 8.63 Å². The van der Waals surface area contributed by atoms with Crippen molar-refractivity contribution in [3.63, 3.8) is 0 Å². The maximum atomic E-state index is 16.2. The Morgan fingerprint density at radius 1 is 0.900 bits per heavy atom. The van der Waals surface area contributed by atoms with E-state index in [2.05, 4.69) is 45.9 Å². The molecule has 2 aliphatic rings. The Kier molecular flexibility index (Phi) is 4.72. The molecular weight excluding hydrogens is 377 g/mol. The van der Waals surface area contributed by atoms with Crippen LogP contribution in [0.1, 0.15) is 73.3 Å². The van der Waals surface area contributed by atoms with Crippen LogP contribution in [0.5, 0.6) is 0 Å². The number of nitrogens with zero attached hydrogens (tertiary/aromatic N) is 2. The van der Waals surface area contributed by atoms with Crippen molar-refractivity contribution < 1.29 is 13.1 Å². The number of allylic oxidation sites excluding steroid dienone is 2. The van der Waals surface area contributed by atoms with E-state index in [0.717, 1.165) is 57.4 Å². The highest BCUT2D eigenvalue weighted by atomic mass is 19.2. The minimum atomic E-state index is -3.96. The average molecular weight is 408 g/mol. The van der Waals surface area contributed by atoms with Crippen molar-refractivity contribution in [3.8, 4) is 0 Å². The number of halogens is 2.